The van der Waals surface area contributed by atoms with Gasteiger partial charge in [-0.15, -0.1) is 0 Å². The SMILES string of the molecule is CNC(=O)c1ccc2c([Se]c3ccccc3)c[nH]c2c1. The summed E-state index contributed by atoms with van der Waals surface area (Å²) < 4.78 is 2.65. The molecule has 1 aromatic heterocycles. The molecule has 0 saturated carbocycles. The summed E-state index contributed by atoms with van der Waals surface area (Å²) in [5, 5.41) is 3.84. The van der Waals surface area contributed by atoms with Gasteiger partial charge in [0, 0.05) is 0 Å². The van der Waals surface area contributed by atoms with Gasteiger partial charge in [-0.3, -0.25) is 0 Å². The summed E-state index contributed by atoms with van der Waals surface area (Å²) in [7, 11) is 1.64. The molecule has 0 aliphatic rings. The van der Waals surface area contributed by atoms with Crippen LogP contribution >= 0.6 is 0 Å². The predicted molar refractivity (Wildman–Crippen MR) is 83.2 cm³/mol. The summed E-state index contributed by atoms with van der Waals surface area (Å²) in [6, 6.07) is 16.3. The zero-order valence-electron chi connectivity index (χ0n) is 11.0. The third kappa shape index (κ3) is 2.48. The second-order valence-electron chi connectivity index (χ2n) is 4.41. The van der Waals surface area contributed by atoms with E-state index in [1.807, 2.05) is 30.5 Å². The first-order valence-electron chi connectivity index (χ1n) is 6.34. The molecule has 0 spiro atoms. The normalized spacial score (nSPS) is 10.7. The predicted octanol–water partition coefficient (Wildman–Crippen LogP) is 1.18. The molecule has 2 N–H and O–H groups in total. The van der Waals surface area contributed by atoms with Gasteiger partial charge in [0.05, 0.1) is 0 Å². The molecule has 0 unspecified atom stereocenters. The average Bonchev–Trinajstić information content (AvgIpc) is 2.90. The van der Waals surface area contributed by atoms with Gasteiger partial charge in [0.15, 0.2) is 0 Å². The Morgan fingerprint density at radius 1 is 1.15 bits per heavy atom. The van der Waals surface area contributed by atoms with Crippen molar-refractivity contribution in [3.63, 3.8) is 0 Å². The Morgan fingerprint density at radius 3 is 2.70 bits per heavy atom. The fraction of sp³-hybridized carbons (Fsp3) is 0.0625. The Kier molecular flexibility index (Phi) is 3.59. The molecule has 0 aliphatic carbocycles. The van der Waals surface area contributed by atoms with Crippen molar-refractivity contribution >= 4 is 40.7 Å². The monoisotopic (exact) mass is 330 g/mol. The summed E-state index contributed by atoms with van der Waals surface area (Å²) in [5.41, 5.74) is 1.69. The Labute approximate surface area is 123 Å². The van der Waals surface area contributed by atoms with Crippen LogP contribution in [-0.2, 0) is 0 Å². The molecule has 0 bridgehead atoms. The van der Waals surface area contributed by atoms with Crippen molar-refractivity contribution in [2.45, 2.75) is 0 Å². The number of aromatic amines is 1. The summed E-state index contributed by atoms with van der Waals surface area (Å²) in [6.07, 6.45) is 2.05. The van der Waals surface area contributed by atoms with E-state index in [1.54, 1.807) is 7.05 Å². The molecule has 20 heavy (non-hydrogen) atoms. The van der Waals surface area contributed by atoms with E-state index in [2.05, 4.69) is 34.6 Å². The van der Waals surface area contributed by atoms with E-state index < -0.39 is 0 Å². The van der Waals surface area contributed by atoms with Gasteiger partial charge in [-0.25, -0.2) is 0 Å². The van der Waals surface area contributed by atoms with Crippen LogP contribution in [0.1, 0.15) is 10.4 Å². The molecule has 1 amide bonds. The molecule has 0 fully saturated rings. The molecule has 0 radical (unpaired) electrons. The van der Waals surface area contributed by atoms with E-state index in [0.29, 0.717) is 5.56 Å². The van der Waals surface area contributed by atoms with Crippen LogP contribution in [0.25, 0.3) is 10.9 Å². The van der Waals surface area contributed by atoms with Gasteiger partial charge in [-0.05, 0) is 0 Å². The van der Waals surface area contributed by atoms with Crippen molar-refractivity contribution < 1.29 is 4.79 Å². The van der Waals surface area contributed by atoms with Gasteiger partial charge in [-0.1, -0.05) is 0 Å². The van der Waals surface area contributed by atoms with E-state index in [1.165, 1.54) is 14.3 Å². The topological polar surface area (TPSA) is 44.9 Å². The van der Waals surface area contributed by atoms with Crippen molar-refractivity contribution in [3.05, 3.63) is 60.3 Å². The number of hydrogen-bond donors (Lipinski definition) is 2. The second-order valence-corrected chi connectivity index (χ2v) is 6.75. The van der Waals surface area contributed by atoms with Crippen molar-refractivity contribution in [3.8, 4) is 0 Å². The maximum absolute atomic E-state index is 11.6. The quantitative estimate of drug-likeness (QED) is 0.697. The van der Waals surface area contributed by atoms with Crippen molar-refractivity contribution in [2.24, 2.45) is 0 Å². The third-order valence-corrected chi connectivity index (χ3v) is 5.34. The number of nitrogens with one attached hydrogen (secondary N) is 2. The first-order valence-corrected chi connectivity index (χ1v) is 8.05. The number of aromatic nitrogens is 1. The average molecular weight is 329 g/mol. The van der Waals surface area contributed by atoms with Crippen LogP contribution in [0.3, 0.4) is 0 Å². The zero-order valence-corrected chi connectivity index (χ0v) is 12.7. The second kappa shape index (κ2) is 5.53. The van der Waals surface area contributed by atoms with E-state index >= 15 is 0 Å². The van der Waals surface area contributed by atoms with Crippen LogP contribution in [0.4, 0.5) is 0 Å². The summed E-state index contributed by atoms with van der Waals surface area (Å²) in [4.78, 5) is 14.9. The van der Waals surface area contributed by atoms with E-state index in [0.717, 1.165) is 5.52 Å². The Morgan fingerprint density at radius 2 is 1.95 bits per heavy atom. The fourth-order valence-electron chi connectivity index (χ4n) is 2.09. The van der Waals surface area contributed by atoms with Crippen LogP contribution in [0.15, 0.2) is 54.7 Å². The van der Waals surface area contributed by atoms with E-state index in [4.69, 9.17) is 0 Å². The van der Waals surface area contributed by atoms with Crippen molar-refractivity contribution in [1.82, 2.24) is 10.3 Å². The number of rotatable bonds is 3. The Bertz CT molecular complexity index is 750. The van der Waals surface area contributed by atoms with Gasteiger partial charge in [-0.2, -0.15) is 0 Å². The summed E-state index contributed by atoms with van der Waals surface area (Å²) in [5.74, 6) is -0.0587. The molecule has 100 valence electrons. The number of carbonyl (C=O) groups is 1. The number of H-pyrrole nitrogens is 1. The van der Waals surface area contributed by atoms with Crippen molar-refractivity contribution in [2.75, 3.05) is 7.05 Å². The Hall–Kier alpha value is -2.03. The number of amides is 1. The molecule has 3 aromatic rings. The number of hydrogen-bond acceptors (Lipinski definition) is 1. The molecule has 0 aliphatic heterocycles. The van der Waals surface area contributed by atoms with Crippen LogP contribution in [-0.4, -0.2) is 32.9 Å². The Balaban J connectivity index is 1.96. The summed E-state index contributed by atoms with van der Waals surface area (Å²) in [6.45, 7) is 0. The van der Waals surface area contributed by atoms with Crippen LogP contribution < -0.4 is 14.2 Å². The minimum absolute atomic E-state index is 0.0587. The molecule has 2 aromatic carbocycles. The summed E-state index contributed by atoms with van der Waals surface area (Å²) >= 11 is 0.272. The van der Waals surface area contributed by atoms with Crippen LogP contribution in [0.2, 0.25) is 0 Å². The fourth-order valence-corrected chi connectivity index (χ4v) is 4.08. The third-order valence-electron chi connectivity index (χ3n) is 3.10. The van der Waals surface area contributed by atoms with Crippen LogP contribution in [0, 0.1) is 0 Å². The molecule has 4 heteroatoms. The van der Waals surface area contributed by atoms with Gasteiger partial charge < -0.3 is 0 Å². The first kappa shape index (κ1) is 13.0. The van der Waals surface area contributed by atoms with Gasteiger partial charge >= 0.3 is 123 Å². The van der Waals surface area contributed by atoms with Crippen molar-refractivity contribution in [1.29, 1.82) is 0 Å². The molecule has 1 heterocycles. The maximum atomic E-state index is 11.6. The van der Waals surface area contributed by atoms with Gasteiger partial charge in [0.25, 0.3) is 0 Å². The molecular formula is C16H14N2OSe. The minimum atomic E-state index is -0.0587. The van der Waals surface area contributed by atoms with Gasteiger partial charge in [0.1, 0.15) is 0 Å². The number of fused-ring (bicyclic) bond motifs is 1. The number of benzene rings is 2. The standard InChI is InChI=1S/C16H14N2OSe/c1-17-16(19)11-7-8-13-14(9-11)18-10-15(13)20-12-5-3-2-4-6-12/h2-10,18H,1H3,(H,17,19). The zero-order chi connectivity index (χ0) is 13.9. The molecular weight excluding hydrogens is 315 g/mol. The van der Waals surface area contributed by atoms with Crippen LogP contribution in [0.5, 0.6) is 0 Å². The van der Waals surface area contributed by atoms with E-state index in [-0.39, 0.29) is 20.9 Å². The molecule has 0 atom stereocenters. The number of carbonyl (C=O) groups excluding carboxylic acids is 1. The van der Waals surface area contributed by atoms with Gasteiger partial charge in [0.2, 0.25) is 0 Å². The first-order chi connectivity index (χ1) is 9.78. The molecule has 0 saturated heterocycles. The molecule has 3 rings (SSSR count). The molecule has 3 nitrogen and oxygen atoms in total. The van der Waals surface area contributed by atoms with E-state index in [9.17, 15) is 4.79 Å².